The van der Waals surface area contributed by atoms with Crippen molar-refractivity contribution in [2.45, 2.75) is 51.7 Å². The normalized spacial score (nSPS) is 16.4. The summed E-state index contributed by atoms with van der Waals surface area (Å²) in [5, 5.41) is 3.52. The van der Waals surface area contributed by atoms with Crippen LogP contribution in [0.3, 0.4) is 0 Å². The second kappa shape index (κ2) is 11.1. The van der Waals surface area contributed by atoms with E-state index in [-0.39, 0.29) is 0 Å². The summed E-state index contributed by atoms with van der Waals surface area (Å²) in [6.45, 7) is 8.61. The van der Waals surface area contributed by atoms with E-state index in [4.69, 9.17) is 4.74 Å². The molecule has 2 rings (SSSR count). The van der Waals surface area contributed by atoms with Crippen molar-refractivity contribution in [2.24, 2.45) is 4.99 Å². The van der Waals surface area contributed by atoms with Crippen LogP contribution in [-0.2, 0) is 0 Å². The molecule has 5 nitrogen and oxygen atoms in total. The predicted molar refractivity (Wildman–Crippen MR) is 110 cm³/mol. The van der Waals surface area contributed by atoms with E-state index in [1.165, 1.54) is 12.8 Å². The highest BCUT2D eigenvalue weighted by atomic mass is 16.5. The molecule has 1 saturated heterocycles. The van der Waals surface area contributed by atoms with E-state index in [1.54, 1.807) is 0 Å². The number of hydrogen-bond acceptors (Lipinski definition) is 3. The summed E-state index contributed by atoms with van der Waals surface area (Å²) in [6, 6.07) is 10.7. The van der Waals surface area contributed by atoms with E-state index >= 15 is 0 Å². The number of unbranched alkanes of at least 4 members (excludes halogenated alkanes) is 1. The second-order valence-electron chi connectivity index (χ2n) is 7.37. The fourth-order valence-electron chi connectivity index (χ4n) is 3.15. The van der Waals surface area contributed by atoms with Gasteiger partial charge < -0.3 is 19.9 Å². The van der Waals surface area contributed by atoms with Crippen LogP contribution in [0.15, 0.2) is 35.3 Å². The zero-order valence-corrected chi connectivity index (χ0v) is 16.9. The van der Waals surface area contributed by atoms with Gasteiger partial charge in [0.1, 0.15) is 11.9 Å². The summed E-state index contributed by atoms with van der Waals surface area (Å²) in [5.41, 5.74) is 0. The first-order chi connectivity index (χ1) is 12.6. The number of piperidine rings is 1. The molecule has 0 spiro atoms. The Morgan fingerprint density at radius 1 is 1.23 bits per heavy atom. The van der Waals surface area contributed by atoms with Crippen molar-refractivity contribution in [3.8, 4) is 5.75 Å². The molecule has 1 aromatic carbocycles. The summed E-state index contributed by atoms with van der Waals surface area (Å²) >= 11 is 0. The van der Waals surface area contributed by atoms with Crippen LogP contribution < -0.4 is 10.1 Å². The first-order valence-electron chi connectivity index (χ1n) is 9.97. The van der Waals surface area contributed by atoms with Crippen molar-refractivity contribution >= 4 is 5.96 Å². The second-order valence-corrected chi connectivity index (χ2v) is 7.37. The highest BCUT2D eigenvalue weighted by Gasteiger charge is 2.22. The molecule has 146 valence electrons. The maximum Gasteiger partial charge on any atom is 0.193 e. The number of hydrogen-bond donors (Lipinski definition) is 1. The van der Waals surface area contributed by atoms with Crippen LogP contribution in [0.4, 0.5) is 0 Å². The molecule has 0 atom stereocenters. The van der Waals surface area contributed by atoms with E-state index in [2.05, 4.69) is 41.0 Å². The third kappa shape index (κ3) is 6.87. The Kier molecular flexibility index (Phi) is 8.75. The van der Waals surface area contributed by atoms with E-state index in [0.717, 1.165) is 50.7 Å². The highest BCUT2D eigenvalue weighted by molar-refractivity contribution is 5.79. The largest absolute Gasteiger partial charge is 0.490 e. The standard InChI is InChI=1S/C21H36N4O/c1-18(2)24(4)15-9-8-14-23-21(22-3)25-16-12-20(13-17-25)26-19-10-6-5-7-11-19/h5-7,10-11,18,20H,8-9,12-17H2,1-4H3,(H,22,23). The molecule has 1 aliphatic rings. The van der Waals surface area contributed by atoms with Gasteiger partial charge in [-0.25, -0.2) is 0 Å². The Bertz CT molecular complexity index is 524. The smallest absolute Gasteiger partial charge is 0.193 e. The zero-order chi connectivity index (χ0) is 18.8. The van der Waals surface area contributed by atoms with Crippen LogP contribution in [0.5, 0.6) is 5.75 Å². The summed E-state index contributed by atoms with van der Waals surface area (Å²) in [7, 11) is 4.07. The summed E-state index contributed by atoms with van der Waals surface area (Å²) in [6.07, 6.45) is 4.76. The number of rotatable bonds is 8. The van der Waals surface area contributed by atoms with Gasteiger partial charge in [-0.15, -0.1) is 0 Å². The van der Waals surface area contributed by atoms with E-state index < -0.39 is 0 Å². The van der Waals surface area contributed by atoms with Crippen molar-refractivity contribution in [3.63, 3.8) is 0 Å². The number of para-hydroxylation sites is 1. The van der Waals surface area contributed by atoms with Crippen molar-refractivity contribution in [1.82, 2.24) is 15.1 Å². The first kappa shape index (κ1) is 20.6. The molecule has 0 aromatic heterocycles. The lowest BCUT2D eigenvalue weighted by Gasteiger charge is -2.34. The molecule has 0 bridgehead atoms. The quantitative estimate of drug-likeness (QED) is 0.439. The number of benzene rings is 1. The molecular weight excluding hydrogens is 324 g/mol. The van der Waals surface area contributed by atoms with E-state index in [1.807, 2.05) is 37.4 Å². The van der Waals surface area contributed by atoms with Crippen LogP contribution in [-0.4, -0.2) is 68.2 Å². The molecule has 1 fully saturated rings. The fourth-order valence-corrected chi connectivity index (χ4v) is 3.15. The molecule has 26 heavy (non-hydrogen) atoms. The van der Waals surface area contributed by atoms with Crippen LogP contribution in [0.25, 0.3) is 0 Å². The van der Waals surface area contributed by atoms with Crippen molar-refractivity contribution in [3.05, 3.63) is 30.3 Å². The Morgan fingerprint density at radius 3 is 2.54 bits per heavy atom. The average Bonchev–Trinajstić information content (AvgIpc) is 2.66. The molecule has 0 amide bonds. The van der Waals surface area contributed by atoms with Gasteiger partial charge in [0.25, 0.3) is 0 Å². The number of aliphatic imine (C=N–C) groups is 1. The minimum Gasteiger partial charge on any atom is -0.490 e. The minimum absolute atomic E-state index is 0.304. The SMILES string of the molecule is CN=C(NCCCCN(C)C(C)C)N1CCC(Oc2ccccc2)CC1. The van der Waals surface area contributed by atoms with Gasteiger partial charge in [0.15, 0.2) is 5.96 Å². The Hall–Kier alpha value is -1.75. The lowest BCUT2D eigenvalue weighted by atomic mass is 10.1. The monoisotopic (exact) mass is 360 g/mol. The predicted octanol–water partition coefficient (Wildman–Crippen LogP) is 3.23. The molecule has 1 N–H and O–H groups in total. The third-order valence-corrected chi connectivity index (χ3v) is 5.10. The molecular formula is C21H36N4O. The van der Waals surface area contributed by atoms with Gasteiger partial charge in [0.2, 0.25) is 0 Å². The van der Waals surface area contributed by atoms with Crippen molar-refractivity contribution in [2.75, 3.05) is 40.3 Å². The van der Waals surface area contributed by atoms with E-state index in [9.17, 15) is 0 Å². The number of guanidine groups is 1. The topological polar surface area (TPSA) is 40.1 Å². The van der Waals surface area contributed by atoms with Gasteiger partial charge in [-0.05, 0) is 52.4 Å². The van der Waals surface area contributed by atoms with Crippen LogP contribution in [0.2, 0.25) is 0 Å². The first-order valence-corrected chi connectivity index (χ1v) is 9.97. The molecule has 5 heteroatoms. The van der Waals surface area contributed by atoms with Crippen LogP contribution >= 0.6 is 0 Å². The van der Waals surface area contributed by atoms with Crippen molar-refractivity contribution in [1.29, 1.82) is 0 Å². The molecule has 0 saturated carbocycles. The maximum atomic E-state index is 6.08. The van der Waals surface area contributed by atoms with Gasteiger partial charge >= 0.3 is 0 Å². The lowest BCUT2D eigenvalue weighted by molar-refractivity contribution is 0.129. The summed E-state index contributed by atoms with van der Waals surface area (Å²) < 4.78 is 6.08. The van der Waals surface area contributed by atoms with Crippen molar-refractivity contribution < 1.29 is 4.74 Å². The lowest BCUT2D eigenvalue weighted by Crippen LogP contribution is -2.47. The molecule has 1 heterocycles. The molecule has 1 aliphatic heterocycles. The number of ether oxygens (including phenoxy) is 1. The molecule has 0 aliphatic carbocycles. The molecule has 0 radical (unpaired) electrons. The van der Waals surface area contributed by atoms with Gasteiger partial charge in [0, 0.05) is 45.6 Å². The molecule has 1 aromatic rings. The average molecular weight is 361 g/mol. The highest BCUT2D eigenvalue weighted by Crippen LogP contribution is 2.18. The van der Waals surface area contributed by atoms with Gasteiger partial charge in [-0.2, -0.15) is 0 Å². The maximum absolute atomic E-state index is 6.08. The number of nitrogens with one attached hydrogen (secondary N) is 1. The van der Waals surface area contributed by atoms with Gasteiger partial charge in [0.05, 0.1) is 0 Å². The Labute approximate surface area is 159 Å². The Balaban J connectivity index is 1.65. The third-order valence-electron chi connectivity index (χ3n) is 5.10. The number of nitrogens with zero attached hydrogens (tertiary/aromatic N) is 3. The van der Waals surface area contributed by atoms with Crippen LogP contribution in [0, 0.1) is 0 Å². The number of likely N-dealkylation sites (tertiary alicyclic amines) is 1. The Morgan fingerprint density at radius 2 is 1.92 bits per heavy atom. The van der Waals surface area contributed by atoms with Gasteiger partial charge in [-0.3, -0.25) is 4.99 Å². The molecule has 0 unspecified atom stereocenters. The zero-order valence-electron chi connectivity index (χ0n) is 16.9. The summed E-state index contributed by atoms with van der Waals surface area (Å²) in [4.78, 5) is 9.21. The minimum atomic E-state index is 0.304. The van der Waals surface area contributed by atoms with Crippen LogP contribution in [0.1, 0.15) is 39.5 Å². The fraction of sp³-hybridized carbons (Fsp3) is 0.667. The summed E-state index contributed by atoms with van der Waals surface area (Å²) in [5.74, 6) is 2.00. The van der Waals surface area contributed by atoms with E-state index in [0.29, 0.717) is 12.1 Å². The van der Waals surface area contributed by atoms with Gasteiger partial charge in [-0.1, -0.05) is 18.2 Å².